The Labute approximate surface area is 120 Å². The molecular formula is C16H22ClNO. The predicted octanol–water partition coefficient (Wildman–Crippen LogP) is 3.93. The Balaban J connectivity index is 2.18. The SMILES string of the molecule is Cc1ccc(C(=O)N(C)C2CCCCC2Cl)c(C)c1. The molecule has 0 spiro atoms. The maximum absolute atomic E-state index is 12.6. The maximum Gasteiger partial charge on any atom is 0.254 e. The molecule has 3 heteroatoms. The third-order valence-electron chi connectivity index (χ3n) is 4.08. The molecule has 0 aliphatic heterocycles. The second-order valence-electron chi connectivity index (χ2n) is 5.60. The molecule has 1 aromatic rings. The van der Waals surface area contributed by atoms with Crippen LogP contribution in [0, 0.1) is 13.8 Å². The van der Waals surface area contributed by atoms with E-state index >= 15 is 0 Å². The molecule has 0 heterocycles. The quantitative estimate of drug-likeness (QED) is 0.751. The van der Waals surface area contributed by atoms with E-state index in [1.165, 1.54) is 18.4 Å². The number of hydrogen-bond donors (Lipinski definition) is 0. The molecule has 0 saturated heterocycles. The van der Waals surface area contributed by atoms with Gasteiger partial charge in [0.25, 0.3) is 5.91 Å². The standard InChI is InChI=1S/C16H22ClNO/c1-11-8-9-13(12(2)10-11)16(19)18(3)15-7-5-4-6-14(15)17/h8-10,14-15H,4-7H2,1-3H3. The molecule has 0 N–H and O–H groups in total. The van der Waals surface area contributed by atoms with Crippen LogP contribution in [0.2, 0.25) is 0 Å². The van der Waals surface area contributed by atoms with Crippen LogP contribution in [-0.2, 0) is 0 Å². The minimum Gasteiger partial charge on any atom is -0.337 e. The lowest BCUT2D eigenvalue weighted by Crippen LogP contribution is -2.44. The molecular weight excluding hydrogens is 258 g/mol. The van der Waals surface area contributed by atoms with Crippen molar-refractivity contribution in [3.05, 3.63) is 34.9 Å². The van der Waals surface area contributed by atoms with Crippen LogP contribution in [0.3, 0.4) is 0 Å². The summed E-state index contributed by atoms with van der Waals surface area (Å²) in [5.41, 5.74) is 3.02. The lowest BCUT2D eigenvalue weighted by atomic mass is 9.93. The zero-order valence-electron chi connectivity index (χ0n) is 11.9. The van der Waals surface area contributed by atoms with Crippen LogP contribution in [0.25, 0.3) is 0 Å². The van der Waals surface area contributed by atoms with Gasteiger partial charge in [0, 0.05) is 18.7 Å². The number of benzene rings is 1. The van der Waals surface area contributed by atoms with E-state index in [2.05, 4.69) is 6.07 Å². The number of nitrogens with zero attached hydrogens (tertiary/aromatic N) is 1. The Morgan fingerprint density at radius 3 is 2.58 bits per heavy atom. The zero-order chi connectivity index (χ0) is 14.0. The van der Waals surface area contributed by atoms with E-state index in [-0.39, 0.29) is 17.3 Å². The molecule has 2 rings (SSSR count). The lowest BCUT2D eigenvalue weighted by molar-refractivity contribution is 0.0699. The fourth-order valence-electron chi connectivity index (χ4n) is 2.90. The lowest BCUT2D eigenvalue weighted by Gasteiger charge is -2.35. The molecule has 19 heavy (non-hydrogen) atoms. The van der Waals surface area contributed by atoms with Crippen molar-refractivity contribution in [3.63, 3.8) is 0 Å². The minimum absolute atomic E-state index is 0.0912. The van der Waals surface area contributed by atoms with Gasteiger partial charge < -0.3 is 4.90 Å². The smallest absolute Gasteiger partial charge is 0.254 e. The molecule has 1 saturated carbocycles. The van der Waals surface area contributed by atoms with Crippen LogP contribution in [0.1, 0.15) is 47.2 Å². The van der Waals surface area contributed by atoms with Gasteiger partial charge in [-0.1, -0.05) is 30.5 Å². The normalized spacial score (nSPS) is 23.2. The summed E-state index contributed by atoms with van der Waals surface area (Å²) in [4.78, 5) is 14.4. The molecule has 1 amide bonds. The third kappa shape index (κ3) is 3.11. The topological polar surface area (TPSA) is 20.3 Å². The maximum atomic E-state index is 12.6. The molecule has 1 aliphatic carbocycles. The fraction of sp³-hybridized carbons (Fsp3) is 0.562. The first-order chi connectivity index (χ1) is 9.00. The van der Waals surface area contributed by atoms with Crippen molar-refractivity contribution in [3.8, 4) is 0 Å². The Morgan fingerprint density at radius 1 is 1.26 bits per heavy atom. The van der Waals surface area contributed by atoms with Crippen molar-refractivity contribution in [1.29, 1.82) is 0 Å². The van der Waals surface area contributed by atoms with E-state index in [9.17, 15) is 4.79 Å². The number of hydrogen-bond acceptors (Lipinski definition) is 1. The van der Waals surface area contributed by atoms with Gasteiger partial charge in [0.1, 0.15) is 0 Å². The van der Waals surface area contributed by atoms with Crippen LogP contribution in [-0.4, -0.2) is 29.3 Å². The average molecular weight is 280 g/mol. The van der Waals surface area contributed by atoms with Gasteiger partial charge in [-0.25, -0.2) is 0 Å². The van der Waals surface area contributed by atoms with Crippen LogP contribution >= 0.6 is 11.6 Å². The summed E-state index contributed by atoms with van der Waals surface area (Å²) in [5.74, 6) is 0.0926. The van der Waals surface area contributed by atoms with E-state index in [0.717, 1.165) is 24.0 Å². The first kappa shape index (κ1) is 14.4. The van der Waals surface area contributed by atoms with E-state index in [1.54, 1.807) is 0 Å². The molecule has 2 unspecified atom stereocenters. The molecule has 0 bridgehead atoms. The van der Waals surface area contributed by atoms with Crippen molar-refractivity contribution >= 4 is 17.5 Å². The summed E-state index contributed by atoms with van der Waals surface area (Å²) in [5, 5.41) is 0.0912. The van der Waals surface area contributed by atoms with E-state index in [4.69, 9.17) is 11.6 Å². The molecule has 2 nitrogen and oxygen atoms in total. The summed E-state index contributed by atoms with van der Waals surface area (Å²) >= 11 is 6.38. The van der Waals surface area contributed by atoms with Gasteiger partial charge in [-0.3, -0.25) is 4.79 Å². The second-order valence-corrected chi connectivity index (χ2v) is 6.16. The van der Waals surface area contributed by atoms with Gasteiger partial charge in [0.15, 0.2) is 0 Å². The Hall–Kier alpha value is -1.02. The molecule has 2 atom stereocenters. The van der Waals surface area contributed by atoms with Crippen molar-refractivity contribution < 1.29 is 4.79 Å². The molecule has 104 valence electrons. The summed E-state index contributed by atoms with van der Waals surface area (Å²) in [6.07, 6.45) is 4.37. The Morgan fingerprint density at radius 2 is 1.95 bits per heavy atom. The number of alkyl halides is 1. The first-order valence-electron chi connectivity index (χ1n) is 6.99. The number of aryl methyl sites for hydroxylation is 2. The van der Waals surface area contributed by atoms with Crippen molar-refractivity contribution in [1.82, 2.24) is 4.90 Å². The average Bonchev–Trinajstić information content (AvgIpc) is 2.38. The van der Waals surface area contributed by atoms with Crippen molar-refractivity contribution in [2.24, 2.45) is 0 Å². The van der Waals surface area contributed by atoms with Crippen LogP contribution in [0.4, 0.5) is 0 Å². The number of carbonyl (C=O) groups excluding carboxylic acids is 1. The van der Waals surface area contributed by atoms with Crippen LogP contribution in [0.15, 0.2) is 18.2 Å². The number of amides is 1. The highest BCUT2D eigenvalue weighted by Gasteiger charge is 2.30. The molecule has 0 aromatic heterocycles. The Bertz CT molecular complexity index is 472. The van der Waals surface area contributed by atoms with E-state index < -0.39 is 0 Å². The largest absolute Gasteiger partial charge is 0.337 e. The number of halogens is 1. The molecule has 0 radical (unpaired) electrons. The second kappa shape index (κ2) is 5.96. The molecule has 1 aliphatic rings. The fourth-order valence-corrected chi connectivity index (χ4v) is 3.35. The summed E-state index contributed by atoms with van der Waals surface area (Å²) in [6.45, 7) is 4.04. The van der Waals surface area contributed by atoms with Gasteiger partial charge in [-0.05, 0) is 38.3 Å². The van der Waals surface area contributed by atoms with E-state index in [0.29, 0.717) is 0 Å². The molecule has 1 aromatic carbocycles. The van der Waals surface area contributed by atoms with Gasteiger partial charge >= 0.3 is 0 Å². The third-order valence-corrected chi connectivity index (χ3v) is 4.59. The summed E-state index contributed by atoms with van der Waals surface area (Å²) < 4.78 is 0. The molecule has 1 fully saturated rings. The highest BCUT2D eigenvalue weighted by atomic mass is 35.5. The van der Waals surface area contributed by atoms with E-state index in [1.807, 2.05) is 37.9 Å². The summed E-state index contributed by atoms with van der Waals surface area (Å²) in [7, 11) is 1.88. The van der Waals surface area contributed by atoms with Gasteiger partial charge in [-0.2, -0.15) is 0 Å². The number of carbonyl (C=O) groups is 1. The van der Waals surface area contributed by atoms with Crippen molar-refractivity contribution in [2.75, 3.05) is 7.05 Å². The van der Waals surface area contributed by atoms with Crippen LogP contribution in [0.5, 0.6) is 0 Å². The number of rotatable bonds is 2. The highest BCUT2D eigenvalue weighted by molar-refractivity contribution is 6.21. The minimum atomic E-state index is 0.0912. The zero-order valence-corrected chi connectivity index (χ0v) is 12.7. The Kier molecular flexibility index (Phi) is 4.51. The monoisotopic (exact) mass is 279 g/mol. The van der Waals surface area contributed by atoms with Gasteiger partial charge in [0.05, 0.1) is 5.38 Å². The van der Waals surface area contributed by atoms with Crippen molar-refractivity contribution in [2.45, 2.75) is 50.9 Å². The van der Waals surface area contributed by atoms with Crippen LogP contribution < -0.4 is 0 Å². The van der Waals surface area contributed by atoms with Gasteiger partial charge in [0.2, 0.25) is 0 Å². The summed E-state index contributed by atoms with van der Waals surface area (Å²) in [6, 6.07) is 6.15. The first-order valence-corrected chi connectivity index (χ1v) is 7.43. The highest BCUT2D eigenvalue weighted by Crippen LogP contribution is 2.27. The van der Waals surface area contributed by atoms with Gasteiger partial charge in [-0.15, -0.1) is 11.6 Å². The predicted molar refractivity (Wildman–Crippen MR) is 79.9 cm³/mol.